The first-order chi connectivity index (χ1) is 8.13. The molecule has 1 aromatic rings. The van der Waals surface area contributed by atoms with Crippen LogP contribution in [0.25, 0.3) is 0 Å². The molecule has 0 spiro atoms. The molecule has 0 aromatic heterocycles. The third-order valence-corrected chi connectivity index (χ3v) is 3.49. The highest BCUT2D eigenvalue weighted by Gasteiger charge is 2.05. The van der Waals surface area contributed by atoms with Crippen molar-refractivity contribution in [3.8, 4) is 12.3 Å². The van der Waals surface area contributed by atoms with Gasteiger partial charge in [0.05, 0.1) is 5.75 Å². The lowest BCUT2D eigenvalue weighted by Gasteiger charge is -2.15. The Morgan fingerprint density at radius 1 is 1.29 bits per heavy atom. The lowest BCUT2D eigenvalue weighted by Crippen LogP contribution is -2.21. The molecule has 1 unspecified atom stereocenters. The standard InChI is InChI=1S/C15H21NS/c1-5-7-17-8-6-16-14(4)15-10-12(2)9-13(3)11-15/h1,9-11,14,16H,6-8H2,2-4H3. The van der Waals surface area contributed by atoms with E-state index < -0.39 is 0 Å². The van der Waals surface area contributed by atoms with Crippen molar-refractivity contribution in [1.82, 2.24) is 5.32 Å². The van der Waals surface area contributed by atoms with Gasteiger partial charge in [-0.15, -0.1) is 18.2 Å². The van der Waals surface area contributed by atoms with Crippen LogP contribution in [0.1, 0.15) is 29.7 Å². The number of rotatable bonds is 6. The van der Waals surface area contributed by atoms with Crippen molar-refractivity contribution < 1.29 is 0 Å². The number of benzene rings is 1. The van der Waals surface area contributed by atoms with Gasteiger partial charge in [0.2, 0.25) is 0 Å². The maximum atomic E-state index is 5.20. The zero-order valence-corrected chi connectivity index (χ0v) is 11.7. The van der Waals surface area contributed by atoms with Crippen LogP contribution in [0.2, 0.25) is 0 Å². The van der Waals surface area contributed by atoms with Gasteiger partial charge >= 0.3 is 0 Å². The van der Waals surface area contributed by atoms with Crippen molar-refractivity contribution in [3.05, 3.63) is 34.9 Å². The average Bonchev–Trinajstić information content (AvgIpc) is 2.27. The first-order valence-corrected chi connectivity index (χ1v) is 7.11. The number of hydrogen-bond acceptors (Lipinski definition) is 2. The van der Waals surface area contributed by atoms with Gasteiger partial charge in [0, 0.05) is 18.3 Å². The van der Waals surface area contributed by atoms with Crippen molar-refractivity contribution in [2.24, 2.45) is 0 Å². The van der Waals surface area contributed by atoms with E-state index in [2.05, 4.69) is 50.2 Å². The van der Waals surface area contributed by atoms with E-state index in [9.17, 15) is 0 Å². The molecular weight excluding hydrogens is 226 g/mol. The SMILES string of the molecule is C#CCSCCNC(C)c1cc(C)cc(C)c1. The zero-order valence-electron chi connectivity index (χ0n) is 10.9. The molecule has 0 amide bonds. The minimum Gasteiger partial charge on any atom is -0.309 e. The second-order valence-corrected chi connectivity index (χ2v) is 5.46. The summed E-state index contributed by atoms with van der Waals surface area (Å²) in [5.74, 6) is 4.51. The molecule has 0 heterocycles. The van der Waals surface area contributed by atoms with Crippen molar-refractivity contribution >= 4 is 11.8 Å². The van der Waals surface area contributed by atoms with E-state index in [0.717, 1.165) is 18.1 Å². The Balaban J connectivity index is 2.41. The van der Waals surface area contributed by atoms with Crippen LogP contribution in [-0.4, -0.2) is 18.1 Å². The minimum absolute atomic E-state index is 0.403. The third kappa shape index (κ3) is 5.30. The smallest absolute Gasteiger partial charge is 0.0545 e. The highest BCUT2D eigenvalue weighted by Crippen LogP contribution is 2.16. The summed E-state index contributed by atoms with van der Waals surface area (Å²) in [6, 6.07) is 7.11. The van der Waals surface area contributed by atoms with Gasteiger partial charge in [-0.1, -0.05) is 35.2 Å². The normalized spacial score (nSPS) is 12.1. The largest absolute Gasteiger partial charge is 0.309 e. The Labute approximate surface area is 109 Å². The van der Waals surface area contributed by atoms with Gasteiger partial charge in [0.25, 0.3) is 0 Å². The van der Waals surface area contributed by atoms with Crippen molar-refractivity contribution in [2.45, 2.75) is 26.8 Å². The first-order valence-electron chi connectivity index (χ1n) is 5.96. The maximum Gasteiger partial charge on any atom is 0.0545 e. The molecule has 0 aliphatic rings. The maximum absolute atomic E-state index is 5.20. The average molecular weight is 247 g/mol. The highest BCUT2D eigenvalue weighted by atomic mass is 32.2. The van der Waals surface area contributed by atoms with E-state index in [1.165, 1.54) is 16.7 Å². The van der Waals surface area contributed by atoms with Gasteiger partial charge in [-0.05, 0) is 26.3 Å². The topological polar surface area (TPSA) is 12.0 Å². The van der Waals surface area contributed by atoms with Crippen molar-refractivity contribution in [2.75, 3.05) is 18.1 Å². The fraction of sp³-hybridized carbons (Fsp3) is 0.467. The summed E-state index contributed by atoms with van der Waals surface area (Å²) in [6.45, 7) is 7.50. The van der Waals surface area contributed by atoms with Crippen LogP contribution in [-0.2, 0) is 0 Å². The molecule has 0 aliphatic carbocycles. The molecule has 0 bridgehead atoms. The Bertz CT molecular complexity index is 372. The van der Waals surface area contributed by atoms with Crippen LogP contribution < -0.4 is 5.32 Å². The number of terminal acetylenes is 1. The first kappa shape index (κ1) is 14.2. The molecule has 1 N–H and O–H groups in total. The lowest BCUT2D eigenvalue weighted by atomic mass is 10.0. The van der Waals surface area contributed by atoms with Gasteiger partial charge in [-0.2, -0.15) is 0 Å². The third-order valence-electron chi connectivity index (χ3n) is 2.63. The number of hydrogen-bond donors (Lipinski definition) is 1. The summed E-state index contributed by atoms with van der Waals surface area (Å²) in [5, 5.41) is 3.52. The molecule has 0 saturated heterocycles. The van der Waals surface area contributed by atoms with Crippen molar-refractivity contribution in [3.63, 3.8) is 0 Å². The summed E-state index contributed by atoms with van der Waals surface area (Å²) in [5.41, 5.74) is 4.02. The van der Waals surface area contributed by atoms with Gasteiger partial charge in [-0.3, -0.25) is 0 Å². The monoisotopic (exact) mass is 247 g/mol. The summed E-state index contributed by atoms with van der Waals surface area (Å²) < 4.78 is 0. The lowest BCUT2D eigenvalue weighted by molar-refractivity contribution is 0.600. The summed E-state index contributed by atoms with van der Waals surface area (Å²) in [6.07, 6.45) is 5.20. The molecule has 0 saturated carbocycles. The van der Waals surface area contributed by atoms with Gasteiger partial charge in [0.1, 0.15) is 0 Å². The Kier molecular flexibility index (Phi) is 6.18. The van der Waals surface area contributed by atoms with Crippen molar-refractivity contribution in [1.29, 1.82) is 0 Å². The van der Waals surface area contributed by atoms with Gasteiger partial charge < -0.3 is 5.32 Å². The van der Waals surface area contributed by atoms with E-state index in [-0.39, 0.29) is 0 Å². The summed E-state index contributed by atoms with van der Waals surface area (Å²) in [4.78, 5) is 0. The molecule has 2 heteroatoms. The van der Waals surface area contributed by atoms with Crippen LogP contribution in [0.5, 0.6) is 0 Å². The quantitative estimate of drug-likeness (QED) is 0.611. The molecule has 17 heavy (non-hydrogen) atoms. The van der Waals surface area contributed by atoms with Crippen LogP contribution in [0, 0.1) is 26.2 Å². The van der Waals surface area contributed by atoms with E-state index in [4.69, 9.17) is 6.42 Å². The Morgan fingerprint density at radius 2 is 1.94 bits per heavy atom. The molecule has 1 rings (SSSR count). The predicted molar refractivity (Wildman–Crippen MR) is 78.5 cm³/mol. The predicted octanol–water partition coefficient (Wildman–Crippen LogP) is 3.32. The minimum atomic E-state index is 0.403. The number of aryl methyl sites for hydroxylation is 2. The molecule has 1 atom stereocenters. The fourth-order valence-electron chi connectivity index (χ4n) is 1.86. The number of thioether (sulfide) groups is 1. The molecule has 0 fully saturated rings. The molecular formula is C15H21NS. The van der Waals surface area contributed by atoms with Crippen LogP contribution >= 0.6 is 11.8 Å². The Hall–Kier alpha value is -0.910. The summed E-state index contributed by atoms with van der Waals surface area (Å²) >= 11 is 1.80. The van der Waals surface area contributed by atoms with Gasteiger partial charge in [0.15, 0.2) is 0 Å². The molecule has 1 aromatic carbocycles. The number of nitrogens with one attached hydrogen (secondary N) is 1. The van der Waals surface area contributed by atoms with E-state index in [0.29, 0.717) is 6.04 Å². The molecule has 1 nitrogen and oxygen atoms in total. The van der Waals surface area contributed by atoms with Gasteiger partial charge in [-0.25, -0.2) is 0 Å². The molecule has 92 valence electrons. The molecule has 0 aliphatic heterocycles. The Morgan fingerprint density at radius 3 is 2.53 bits per heavy atom. The highest BCUT2D eigenvalue weighted by molar-refractivity contribution is 7.99. The zero-order chi connectivity index (χ0) is 12.7. The second-order valence-electron chi connectivity index (χ2n) is 4.35. The summed E-state index contributed by atoms with van der Waals surface area (Å²) in [7, 11) is 0. The van der Waals surface area contributed by atoms with Crippen LogP contribution in [0.15, 0.2) is 18.2 Å². The second kappa shape index (κ2) is 7.42. The van der Waals surface area contributed by atoms with E-state index in [1.807, 2.05) is 0 Å². The van der Waals surface area contributed by atoms with E-state index >= 15 is 0 Å². The fourth-order valence-corrected chi connectivity index (χ4v) is 2.38. The van der Waals surface area contributed by atoms with Crippen LogP contribution in [0.3, 0.4) is 0 Å². The van der Waals surface area contributed by atoms with Crippen LogP contribution in [0.4, 0.5) is 0 Å². The molecule has 0 radical (unpaired) electrons. The van der Waals surface area contributed by atoms with E-state index in [1.54, 1.807) is 11.8 Å².